The molecule has 0 amide bonds. The Kier molecular flexibility index (Phi) is 3.70. The SMILES string of the molecule is CC(=O)OCOC(=O)C1CCCO1. The Labute approximate surface area is 76.0 Å². The summed E-state index contributed by atoms with van der Waals surface area (Å²) in [6, 6.07) is 0. The van der Waals surface area contributed by atoms with Crippen molar-refractivity contribution in [1.29, 1.82) is 0 Å². The molecule has 0 saturated carbocycles. The Hall–Kier alpha value is -1.10. The van der Waals surface area contributed by atoms with Gasteiger partial charge in [0.1, 0.15) is 0 Å². The van der Waals surface area contributed by atoms with Crippen LogP contribution in [0.5, 0.6) is 0 Å². The zero-order valence-electron chi connectivity index (χ0n) is 7.45. The van der Waals surface area contributed by atoms with Crippen molar-refractivity contribution < 1.29 is 23.8 Å². The fourth-order valence-corrected chi connectivity index (χ4v) is 1.03. The highest BCUT2D eigenvalue weighted by atomic mass is 16.7. The van der Waals surface area contributed by atoms with Crippen LogP contribution in [-0.4, -0.2) is 31.4 Å². The molecule has 5 nitrogen and oxygen atoms in total. The molecule has 74 valence electrons. The van der Waals surface area contributed by atoms with Gasteiger partial charge in [0, 0.05) is 13.5 Å². The molecule has 13 heavy (non-hydrogen) atoms. The number of ether oxygens (including phenoxy) is 3. The van der Waals surface area contributed by atoms with Crippen LogP contribution in [0, 0.1) is 0 Å². The molecule has 1 heterocycles. The van der Waals surface area contributed by atoms with Gasteiger partial charge in [-0.2, -0.15) is 0 Å². The van der Waals surface area contributed by atoms with Gasteiger partial charge in [-0.15, -0.1) is 0 Å². The average molecular weight is 188 g/mol. The van der Waals surface area contributed by atoms with Crippen molar-refractivity contribution >= 4 is 11.9 Å². The minimum Gasteiger partial charge on any atom is -0.428 e. The zero-order chi connectivity index (χ0) is 9.68. The molecule has 1 atom stereocenters. The number of hydrogen-bond donors (Lipinski definition) is 0. The fourth-order valence-electron chi connectivity index (χ4n) is 1.03. The predicted octanol–water partition coefficient (Wildman–Crippen LogP) is 0.229. The van der Waals surface area contributed by atoms with E-state index in [-0.39, 0.29) is 6.79 Å². The van der Waals surface area contributed by atoms with Crippen molar-refractivity contribution in [2.75, 3.05) is 13.4 Å². The van der Waals surface area contributed by atoms with Gasteiger partial charge in [-0.3, -0.25) is 4.79 Å². The molecule has 1 aliphatic heterocycles. The van der Waals surface area contributed by atoms with Crippen LogP contribution in [0.25, 0.3) is 0 Å². The van der Waals surface area contributed by atoms with Crippen LogP contribution >= 0.6 is 0 Å². The van der Waals surface area contributed by atoms with Crippen molar-refractivity contribution in [3.63, 3.8) is 0 Å². The largest absolute Gasteiger partial charge is 0.428 e. The number of carbonyl (C=O) groups excluding carboxylic acids is 2. The summed E-state index contributed by atoms with van der Waals surface area (Å²) in [4.78, 5) is 21.4. The van der Waals surface area contributed by atoms with Crippen molar-refractivity contribution in [2.24, 2.45) is 0 Å². The molecule has 1 saturated heterocycles. The quantitative estimate of drug-likeness (QED) is 0.468. The third-order valence-corrected chi connectivity index (χ3v) is 1.66. The molecule has 0 aromatic heterocycles. The van der Waals surface area contributed by atoms with E-state index in [4.69, 9.17) is 4.74 Å². The predicted molar refractivity (Wildman–Crippen MR) is 41.7 cm³/mol. The lowest BCUT2D eigenvalue weighted by atomic mass is 10.2. The van der Waals surface area contributed by atoms with E-state index in [2.05, 4.69) is 9.47 Å². The van der Waals surface area contributed by atoms with Crippen LogP contribution in [0.15, 0.2) is 0 Å². The van der Waals surface area contributed by atoms with E-state index in [0.717, 1.165) is 6.42 Å². The van der Waals surface area contributed by atoms with Crippen LogP contribution in [0.2, 0.25) is 0 Å². The molecule has 0 N–H and O–H groups in total. The van der Waals surface area contributed by atoms with E-state index in [0.29, 0.717) is 13.0 Å². The van der Waals surface area contributed by atoms with Crippen LogP contribution in [0.3, 0.4) is 0 Å². The van der Waals surface area contributed by atoms with Gasteiger partial charge in [-0.1, -0.05) is 0 Å². The second-order valence-corrected chi connectivity index (χ2v) is 2.72. The molecule has 0 spiro atoms. The number of hydrogen-bond acceptors (Lipinski definition) is 5. The van der Waals surface area contributed by atoms with Crippen molar-refractivity contribution in [2.45, 2.75) is 25.9 Å². The molecule has 0 bridgehead atoms. The summed E-state index contributed by atoms with van der Waals surface area (Å²) in [5, 5.41) is 0. The Bertz CT molecular complexity index is 195. The van der Waals surface area contributed by atoms with Crippen LogP contribution in [0.1, 0.15) is 19.8 Å². The van der Waals surface area contributed by atoms with E-state index < -0.39 is 18.0 Å². The van der Waals surface area contributed by atoms with E-state index in [1.54, 1.807) is 0 Å². The molecule has 5 heteroatoms. The average Bonchev–Trinajstić information content (AvgIpc) is 2.55. The number of carbonyl (C=O) groups is 2. The van der Waals surface area contributed by atoms with Gasteiger partial charge in [0.05, 0.1) is 0 Å². The molecule has 0 aromatic rings. The lowest BCUT2D eigenvalue weighted by molar-refractivity contribution is -0.172. The molecular formula is C8H12O5. The molecule has 1 rings (SSSR count). The first kappa shape index (κ1) is 9.98. The number of esters is 2. The highest BCUT2D eigenvalue weighted by Gasteiger charge is 2.24. The second kappa shape index (κ2) is 4.81. The van der Waals surface area contributed by atoms with Crippen molar-refractivity contribution in [3.05, 3.63) is 0 Å². The first-order chi connectivity index (χ1) is 6.20. The van der Waals surface area contributed by atoms with Gasteiger partial charge < -0.3 is 14.2 Å². The lowest BCUT2D eigenvalue weighted by Crippen LogP contribution is -2.23. The fraction of sp³-hybridized carbons (Fsp3) is 0.750. The highest BCUT2D eigenvalue weighted by Crippen LogP contribution is 2.12. The molecule has 0 aromatic carbocycles. The molecule has 1 fully saturated rings. The van der Waals surface area contributed by atoms with Gasteiger partial charge in [0.2, 0.25) is 6.79 Å². The summed E-state index contributed by atoms with van der Waals surface area (Å²) < 4.78 is 14.1. The standard InChI is InChI=1S/C8H12O5/c1-6(9)12-5-13-8(10)7-3-2-4-11-7/h7H,2-5H2,1H3. The zero-order valence-corrected chi connectivity index (χ0v) is 7.45. The van der Waals surface area contributed by atoms with Gasteiger partial charge in [-0.05, 0) is 12.8 Å². The third-order valence-electron chi connectivity index (χ3n) is 1.66. The minimum absolute atomic E-state index is 0.325. The summed E-state index contributed by atoms with van der Waals surface area (Å²) in [7, 11) is 0. The Balaban J connectivity index is 2.13. The van der Waals surface area contributed by atoms with E-state index in [1.165, 1.54) is 6.92 Å². The second-order valence-electron chi connectivity index (χ2n) is 2.72. The summed E-state index contributed by atoms with van der Waals surface area (Å²) in [5.41, 5.74) is 0. The summed E-state index contributed by atoms with van der Waals surface area (Å²) in [5.74, 6) is -0.932. The van der Waals surface area contributed by atoms with E-state index in [1.807, 2.05) is 0 Å². The Morgan fingerprint density at radius 3 is 2.77 bits per heavy atom. The Morgan fingerprint density at radius 2 is 2.23 bits per heavy atom. The van der Waals surface area contributed by atoms with E-state index in [9.17, 15) is 9.59 Å². The highest BCUT2D eigenvalue weighted by molar-refractivity contribution is 5.75. The summed E-state index contributed by atoms with van der Waals surface area (Å²) in [6.07, 6.45) is 1.07. The van der Waals surface area contributed by atoms with Gasteiger partial charge in [0.15, 0.2) is 6.10 Å². The smallest absolute Gasteiger partial charge is 0.338 e. The third kappa shape index (κ3) is 3.42. The normalized spacial score (nSPS) is 21.2. The maximum absolute atomic E-state index is 11.1. The van der Waals surface area contributed by atoms with Gasteiger partial charge in [0.25, 0.3) is 0 Å². The lowest BCUT2D eigenvalue weighted by Gasteiger charge is -2.08. The topological polar surface area (TPSA) is 61.8 Å². The van der Waals surface area contributed by atoms with Gasteiger partial charge >= 0.3 is 11.9 Å². The first-order valence-corrected chi connectivity index (χ1v) is 4.12. The maximum Gasteiger partial charge on any atom is 0.338 e. The maximum atomic E-state index is 11.1. The van der Waals surface area contributed by atoms with Crippen molar-refractivity contribution in [1.82, 2.24) is 0 Å². The van der Waals surface area contributed by atoms with Crippen molar-refractivity contribution in [3.8, 4) is 0 Å². The molecule has 1 unspecified atom stereocenters. The van der Waals surface area contributed by atoms with Crippen LogP contribution in [0.4, 0.5) is 0 Å². The molecule has 1 aliphatic rings. The van der Waals surface area contributed by atoms with Crippen LogP contribution in [-0.2, 0) is 23.8 Å². The van der Waals surface area contributed by atoms with E-state index >= 15 is 0 Å². The first-order valence-electron chi connectivity index (χ1n) is 4.12. The molecular weight excluding hydrogens is 176 g/mol. The summed E-state index contributed by atoms with van der Waals surface area (Å²) in [6.45, 7) is 1.52. The summed E-state index contributed by atoms with van der Waals surface area (Å²) >= 11 is 0. The Morgan fingerprint density at radius 1 is 1.46 bits per heavy atom. The minimum atomic E-state index is -0.476. The van der Waals surface area contributed by atoms with Crippen LogP contribution < -0.4 is 0 Å². The monoisotopic (exact) mass is 188 g/mol. The van der Waals surface area contributed by atoms with Gasteiger partial charge in [-0.25, -0.2) is 4.79 Å². The number of rotatable bonds is 3. The molecule has 0 aliphatic carbocycles. The molecule has 0 radical (unpaired) electrons.